The van der Waals surface area contributed by atoms with E-state index in [0.29, 0.717) is 35.5 Å². The van der Waals surface area contributed by atoms with E-state index in [1.807, 2.05) is 18.2 Å². The second-order valence-corrected chi connectivity index (χ2v) is 9.03. The smallest absolute Gasteiger partial charge is 0.253 e. The highest BCUT2D eigenvalue weighted by molar-refractivity contribution is 6.02. The lowest BCUT2D eigenvalue weighted by atomic mass is 9.94. The molecule has 1 fully saturated rings. The maximum atomic E-state index is 14.9. The molecule has 0 atom stereocenters. The molecule has 3 aromatic rings. The molecule has 2 amide bonds. The van der Waals surface area contributed by atoms with Gasteiger partial charge in [0.25, 0.3) is 5.91 Å². The van der Waals surface area contributed by atoms with E-state index in [2.05, 4.69) is 5.32 Å². The number of ether oxygens (including phenoxy) is 2. The van der Waals surface area contributed by atoms with E-state index in [4.69, 9.17) is 9.47 Å². The fraction of sp³-hybridized carbons (Fsp3) is 0.259. The van der Waals surface area contributed by atoms with Crippen LogP contribution in [0.3, 0.4) is 0 Å². The highest BCUT2D eigenvalue weighted by atomic mass is 19.1. The van der Waals surface area contributed by atoms with E-state index in [1.165, 1.54) is 11.0 Å². The van der Waals surface area contributed by atoms with Crippen LogP contribution in [-0.2, 0) is 10.2 Å². The van der Waals surface area contributed by atoms with E-state index in [1.54, 1.807) is 51.4 Å². The number of halogens is 1. The van der Waals surface area contributed by atoms with Gasteiger partial charge in [0.2, 0.25) is 12.7 Å². The molecule has 174 valence electrons. The largest absolute Gasteiger partial charge is 0.454 e. The number of aryl methyl sites for hydroxylation is 1. The zero-order chi connectivity index (χ0) is 24.0. The number of carbonyl (C=O) groups is 2. The maximum absolute atomic E-state index is 14.9. The average molecular weight is 461 g/mol. The fourth-order valence-corrected chi connectivity index (χ4v) is 4.37. The van der Waals surface area contributed by atoms with Crippen molar-refractivity contribution in [3.8, 4) is 22.6 Å². The zero-order valence-electron chi connectivity index (χ0n) is 19.3. The van der Waals surface area contributed by atoms with Gasteiger partial charge in [-0.2, -0.15) is 0 Å². The first-order valence-corrected chi connectivity index (χ1v) is 11.1. The van der Waals surface area contributed by atoms with Crippen LogP contribution in [0.2, 0.25) is 0 Å². The monoisotopic (exact) mass is 460 g/mol. The number of anilines is 1. The van der Waals surface area contributed by atoms with E-state index in [0.717, 1.165) is 16.7 Å². The Morgan fingerprint density at radius 2 is 1.76 bits per heavy atom. The van der Waals surface area contributed by atoms with E-state index >= 15 is 0 Å². The molecule has 6 nitrogen and oxygen atoms in total. The molecular formula is C27H25FN2O4. The summed E-state index contributed by atoms with van der Waals surface area (Å²) in [6, 6.07) is 15.7. The maximum Gasteiger partial charge on any atom is 0.253 e. The minimum absolute atomic E-state index is 0.113. The molecule has 1 heterocycles. The first-order chi connectivity index (χ1) is 16.3. The quantitative estimate of drug-likeness (QED) is 0.588. The van der Waals surface area contributed by atoms with E-state index < -0.39 is 11.2 Å². The van der Waals surface area contributed by atoms with Crippen LogP contribution in [0.15, 0.2) is 54.6 Å². The third-order valence-corrected chi connectivity index (χ3v) is 6.50. The predicted molar refractivity (Wildman–Crippen MR) is 127 cm³/mol. The molecule has 1 saturated carbocycles. The third kappa shape index (κ3) is 3.77. The molecule has 34 heavy (non-hydrogen) atoms. The predicted octanol–water partition coefficient (Wildman–Crippen LogP) is 4.90. The van der Waals surface area contributed by atoms with Crippen molar-refractivity contribution in [2.75, 3.05) is 26.2 Å². The van der Waals surface area contributed by atoms with E-state index in [9.17, 15) is 14.0 Å². The number of nitrogens with one attached hydrogen (secondary N) is 1. The molecule has 0 spiro atoms. The van der Waals surface area contributed by atoms with Gasteiger partial charge in [0, 0.05) is 19.7 Å². The topological polar surface area (TPSA) is 67.9 Å². The van der Waals surface area contributed by atoms with Crippen molar-refractivity contribution >= 4 is 17.5 Å². The number of hydrogen-bond donors (Lipinski definition) is 1. The summed E-state index contributed by atoms with van der Waals surface area (Å²) in [5, 5.41) is 2.81. The van der Waals surface area contributed by atoms with Crippen LogP contribution in [0, 0.1) is 12.7 Å². The third-order valence-electron chi connectivity index (χ3n) is 6.50. The standard InChI is InChI=1S/C27H25FN2O4/c1-16-11-21(28)22(14-20(16)17-5-4-6-18(12-17)25(31)30(2)3)29-26(32)27(9-10-27)19-7-8-23-24(13-19)34-15-33-23/h4-8,11-14H,9-10,15H2,1-3H3,(H,29,32). The van der Waals surface area contributed by atoms with E-state index in [-0.39, 0.29) is 24.3 Å². The highest BCUT2D eigenvalue weighted by Gasteiger charge is 2.51. The van der Waals surface area contributed by atoms with Crippen LogP contribution >= 0.6 is 0 Å². The molecule has 0 bridgehead atoms. The Hall–Kier alpha value is -3.87. The molecular weight excluding hydrogens is 435 g/mol. The summed E-state index contributed by atoms with van der Waals surface area (Å²) in [5.41, 5.74) is 3.00. The van der Waals surface area contributed by atoms with Crippen LogP contribution in [0.1, 0.15) is 34.3 Å². The van der Waals surface area contributed by atoms with Gasteiger partial charge in [-0.25, -0.2) is 4.39 Å². The molecule has 2 aliphatic rings. The Balaban J connectivity index is 1.44. The minimum Gasteiger partial charge on any atom is -0.454 e. The zero-order valence-corrected chi connectivity index (χ0v) is 19.3. The summed E-state index contributed by atoms with van der Waals surface area (Å²) in [7, 11) is 3.39. The summed E-state index contributed by atoms with van der Waals surface area (Å²) in [6.07, 6.45) is 1.35. The van der Waals surface area contributed by atoms with Gasteiger partial charge in [-0.15, -0.1) is 0 Å². The normalized spacial score (nSPS) is 15.1. The van der Waals surface area contributed by atoms with Crippen molar-refractivity contribution in [2.24, 2.45) is 0 Å². The number of fused-ring (bicyclic) bond motifs is 1. The molecule has 0 aromatic heterocycles. The Labute approximate surface area is 197 Å². The van der Waals surface area contributed by atoms with Gasteiger partial charge in [0.15, 0.2) is 11.5 Å². The van der Waals surface area contributed by atoms with Gasteiger partial charge < -0.3 is 19.7 Å². The van der Waals surface area contributed by atoms with Gasteiger partial charge in [0.1, 0.15) is 5.82 Å². The molecule has 5 rings (SSSR count). The fourth-order valence-electron chi connectivity index (χ4n) is 4.37. The second kappa shape index (κ2) is 8.17. The Morgan fingerprint density at radius 3 is 2.50 bits per heavy atom. The lowest BCUT2D eigenvalue weighted by Gasteiger charge is -2.18. The van der Waals surface area contributed by atoms with Crippen molar-refractivity contribution in [1.29, 1.82) is 0 Å². The number of rotatable bonds is 5. The molecule has 0 radical (unpaired) electrons. The molecule has 0 saturated heterocycles. The first kappa shape index (κ1) is 21.9. The van der Waals surface area contributed by atoms with Gasteiger partial charge in [-0.3, -0.25) is 9.59 Å². The summed E-state index contributed by atoms with van der Waals surface area (Å²) >= 11 is 0. The number of amides is 2. The van der Waals surface area contributed by atoms with Crippen LogP contribution < -0.4 is 14.8 Å². The highest BCUT2D eigenvalue weighted by Crippen LogP contribution is 2.51. The lowest BCUT2D eigenvalue weighted by molar-refractivity contribution is -0.118. The SMILES string of the molecule is Cc1cc(F)c(NC(=O)C2(c3ccc4c(c3)OCO4)CC2)cc1-c1cccc(C(=O)N(C)C)c1. The number of benzene rings is 3. The first-order valence-electron chi connectivity index (χ1n) is 11.1. The minimum atomic E-state index is -0.712. The molecule has 7 heteroatoms. The molecule has 1 aliphatic carbocycles. The Bertz CT molecular complexity index is 1310. The van der Waals surface area contributed by atoms with Gasteiger partial charge in [-0.1, -0.05) is 18.2 Å². The van der Waals surface area contributed by atoms with Crippen LogP contribution in [0.4, 0.5) is 10.1 Å². The summed E-state index contributed by atoms with van der Waals surface area (Å²) in [6.45, 7) is 1.97. The van der Waals surface area contributed by atoms with Crippen molar-refractivity contribution in [3.63, 3.8) is 0 Å². The molecule has 3 aromatic carbocycles. The Morgan fingerprint density at radius 1 is 1.00 bits per heavy atom. The summed E-state index contributed by atoms with van der Waals surface area (Å²) < 4.78 is 25.7. The molecule has 1 N–H and O–H groups in total. The second-order valence-electron chi connectivity index (χ2n) is 9.03. The van der Waals surface area contributed by atoms with Crippen molar-refractivity contribution in [3.05, 3.63) is 77.1 Å². The summed E-state index contributed by atoms with van der Waals surface area (Å²) in [4.78, 5) is 27.2. The van der Waals surface area contributed by atoms with Crippen molar-refractivity contribution < 1.29 is 23.5 Å². The van der Waals surface area contributed by atoms with Crippen molar-refractivity contribution in [1.82, 2.24) is 4.90 Å². The van der Waals surface area contributed by atoms with Crippen molar-refractivity contribution in [2.45, 2.75) is 25.2 Å². The van der Waals surface area contributed by atoms with Gasteiger partial charge in [0.05, 0.1) is 11.1 Å². The number of hydrogen-bond acceptors (Lipinski definition) is 4. The molecule has 0 unspecified atom stereocenters. The Kier molecular flexibility index (Phi) is 5.27. The van der Waals surface area contributed by atoms with Gasteiger partial charge >= 0.3 is 0 Å². The lowest BCUT2D eigenvalue weighted by Crippen LogP contribution is -2.28. The number of nitrogens with zero attached hydrogens (tertiary/aromatic N) is 1. The average Bonchev–Trinajstić information content (AvgIpc) is 3.51. The van der Waals surface area contributed by atoms with Crippen LogP contribution in [0.25, 0.3) is 11.1 Å². The molecule has 1 aliphatic heterocycles. The van der Waals surface area contributed by atoms with Crippen LogP contribution in [0.5, 0.6) is 11.5 Å². The van der Waals surface area contributed by atoms with Crippen LogP contribution in [-0.4, -0.2) is 37.6 Å². The van der Waals surface area contributed by atoms with Gasteiger partial charge in [-0.05, 0) is 78.4 Å². The number of carbonyl (C=O) groups excluding carboxylic acids is 2. The summed E-state index contributed by atoms with van der Waals surface area (Å²) in [5.74, 6) is 0.402.